The molecule has 1 aliphatic heterocycles. The average Bonchev–Trinajstić information content (AvgIpc) is 2.83. The Morgan fingerprint density at radius 2 is 2.11 bits per heavy atom. The van der Waals surface area contributed by atoms with E-state index in [2.05, 4.69) is 10.6 Å². The highest BCUT2D eigenvalue weighted by molar-refractivity contribution is 5.73. The van der Waals surface area contributed by atoms with Gasteiger partial charge in [0.15, 0.2) is 0 Å². The van der Waals surface area contributed by atoms with Gasteiger partial charge in [-0.25, -0.2) is 9.18 Å². The molecule has 0 spiro atoms. The van der Waals surface area contributed by atoms with Crippen molar-refractivity contribution in [2.75, 3.05) is 19.8 Å². The van der Waals surface area contributed by atoms with Gasteiger partial charge in [0.25, 0.3) is 0 Å². The Hall–Kier alpha value is -1.66. The summed E-state index contributed by atoms with van der Waals surface area (Å²) in [5.41, 5.74) is -0.160. The number of ether oxygens (including phenoxy) is 1. The normalized spacial score (nSPS) is 22.2. The molecular weight excluding hydrogens is 251 g/mol. The first-order chi connectivity index (χ1) is 9.07. The van der Waals surface area contributed by atoms with Crippen molar-refractivity contribution < 1.29 is 19.0 Å². The number of nitrogens with one attached hydrogen (secondary N) is 2. The summed E-state index contributed by atoms with van der Waals surface area (Å²) in [6.45, 7) is 1.21. The number of hydrogen-bond acceptors (Lipinski definition) is 3. The van der Waals surface area contributed by atoms with E-state index in [-0.39, 0.29) is 25.0 Å². The molecule has 1 aliphatic rings. The third-order valence-corrected chi connectivity index (χ3v) is 3.03. The fraction of sp³-hybridized carbons (Fsp3) is 0.462. The Balaban J connectivity index is 1.71. The van der Waals surface area contributed by atoms with Crippen molar-refractivity contribution in [2.45, 2.75) is 18.6 Å². The second kappa shape index (κ2) is 5.99. The fourth-order valence-corrected chi connectivity index (χ4v) is 1.83. The first-order valence-corrected chi connectivity index (χ1v) is 6.14. The molecule has 104 valence electrons. The summed E-state index contributed by atoms with van der Waals surface area (Å²) in [6.07, 6.45) is 0.519. The van der Waals surface area contributed by atoms with Crippen molar-refractivity contribution >= 4 is 6.03 Å². The fourth-order valence-electron chi connectivity index (χ4n) is 1.83. The van der Waals surface area contributed by atoms with E-state index in [1.165, 1.54) is 12.1 Å². The Morgan fingerprint density at radius 3 is 2.74 bits per heavy atom. The molecule has 1 saturated heterocycles. The molecule has 1 aromatic rings. The van der Waals surface area contributed by atoms with Crippen LogP contribution < -0.4 is 10.6 Å². The molecule has 1 aromatic carbocycles. The summed E-state index contributed by atoms with van der Waals surface area (Å²) in [4.78, 5) is 11.5. The van der Waals surface area contributed by atoms with Gasteiger partial charge < -0.3 is 20.5 Å². The Kier molecular flexibility index (Phi) is 4.34. The van der Waals surface area contributed by atoms with Crippen LogP contribution in [0.3, 0.4) is 0 Å². The number of halogens is 1. The molecule has 0 aliphatic carbocycles. The van der Waals surface area contributed by atoms with E-state index in [0.717, 1.165) is 5.56 Å². The van der Waals surface area contributed by atoms with Gasteiger partial charge in [-0.05, 0) is 17.7 Å². The second-order valence-corrected chi connectivity index (χ2v) is 4.69. The number of amides is 2. The molecule has 5 nitrogen and oxygen atoms in total. The van der Waals surface area contributed by atoms with Crippen LogP contribution >= 0.6 is 0 Å². The molecule has 0 bridgehead atoms. The van der Waals surface area contributed by atoms with E-state index in [4.69, 9.17) is 4.74 Å². The third-order valence-electron chi connectivity index (χ3n) is 3.03. The minimum absolute atomic E-state index is 0.155. The van der Waals surface area contributed by atoms with Crippen LogP contribution in [0.4, 0.5) is 9.18 Å². The number of hydrogen-bond donors (Lipinski definition) is 3. The third kappa shape index (κ3) is 4.18. The molecule has 1 heterocycles. The summed E-state index contributed by atoms with van der Waals surface area (Å²) in [5, 5.41) is 15.2. The first kappa shape index (κ1) is 13.8. The van der Waals surface area contributed by atoms with Crippen molar-refractivity contribution in [1.82, 2.24) is 10.6 Å². The van der Waals surface area contributed by atoms with E-state index in [0.29, 0.717) is 19.6 Å². The lowest BCUT2D eigenvalue weighted by Gasteiger charge is -2.20. The number of rotatable bonds is 4. The minimum Gasteiger partial charge on any atom is -0.386 e. The number of benzene rings is 1. The van der Waals surface area contributed by atoms with E-state index >= 15 is 0 Å². The van der Waals surface area contributed by atoms with Crippen LogP contribution in [0.2, 0.25) is 0 Å². The molecular formula is C13H17FN2O3. The van der Waals surface area contributed by atoms with Gasteiger partial charge in [0, 0.05) is 19.6 Å². The van der Waals surface area contributed by atoms with Crippen LogP contribution in [0.15, 0.2) is 24.3 Å². The Bertz CT molecular complexity index is 430. The largest absolute Gasteiger partial charge is 0.386 e. The van der Waals surface area contributed by atoms with Gasteiger partial charge in [-0.3, -0.25) is 0 Å². The van der Waals surface area contributed by atoms with Crippen LogP contribution in [-0.2, 0) is 11.3 Å². The lowest BCUT2D eigenvalue weighted by molar-refractivity contribution is 0.0292. The summed E-state index contributed by atoms with van der Waals surface area (Å²) in [5.74, 6) is -0.309. The van der Waals surface area contributed by atoms with E-state index in [1.807, 2.05) is 0 Å². The highest BCUT2D eigenvalue weighted by Crippen LogP contribution is 2.16. The molecule has 1 fully saturated rings. The number of urea groups is 1. The van der Waals surface area contributed by atoms with Crippen LogP contribution in [0.5, 0.6) is 0 Å². The van der Waals surface area contributed by atoms with Gasteiger partial charge >= 0.3 is 6.03 Å². The average molecular weight is 268 g/mol. The number of aliphatic hydroxyl groups is 1. The Labute approximate surface area is 110 Å². The van der Waals surface area contributed by atoms with Crippen LogP contribution in [0.25, 0.3) is 0 Å². The van der Waals surface area contributed by atoms with E-state index < -0.39 is 5.60 Å². The maximum absolute atomic E-state index is 12.7. The molecule has 0 unspecified atom stereocenters. The molecule has 0 aromatic heterocycles. The van der Waals surface area contributed by atoms with Gasteiger partial charge in [-0.15, -0.1) is 0 Å². The van der Waals surface area contributed by atoms with Gasteiger partial charge in [0.2, 0.25) is 0 Å². The minimum atomic E-state index is -0.965. The molecule has 0 radical (unpaired) electrons. The highest BCUT2D eigenvalue weighted by atomic mass is 19.1. The lowest BCUT2D eigenvalue weighted by atomic mass is 10.0. The van der Waals surface area contributed by atoms with Gasteiger partial charge in [-0.2, -0.15) is 0 Å². The maximum Gasteiger partial charge on any atom is 0.315 e. The molecule has 1 atom stereocenters. The van der Waals surface area contributed by atoms with Crippen molar-refractivity contribution in [3.8, 4) is 0 Å². The van der Waals surface area contributed by atoms with Gasteiger partial charge in [0.05, 0.1) is 13.2 Å². The second-order valence-electron chi connectivity index (χ2n) is 4.69. The summed E-state index contributed by atoms with van der Waals surface area (Å²) < 4.78 is 17.8. The topological polar surface area (TPSA) is 70.6 Å². The molecule has 19 heavy (non-hydrogen) atoms. The van der Waals surface area contributed by atoms with Gasteiger partial charge in [-0.1, -0.05) is 12.1 Å². The quantitative estimate of drug-likeness (QED) is 0.755. The summed E-state index contributed by atoms with van der Waals surface area (Å²) >= 11 is 0. The molecule has 0 saturated carbocycles. The molecule has 6 heteroatoms. The van der Waals surface area contributed by atoms with E-state index in [1.54, 1.807) is 12.1 Å². The molecule has 3 N–H and O–H groups in total. The maximum atomic E-state index is 12.7. The van der Waals surface area contributed by atoms with E-state index in [9.17, 15) is 14.3 Å². The number of carbonyl (C=O) groups is 1. The zero-order valence-corrected chi connectivity index (χ0v) is 10.5. The zero-order valence-electron chi connectivity index (χ0n) is 10.5. The van der Waals surface area contributed by atoms with Crippen molar-refractivity contribution in [3.05, 3.63) is 35.6 Å². The van der Waals surface area contributed by atoms with Crippen LogP contribution in [0, 0.1) is 5.82 Å². The van der Waals surface area contributed by atoms with Gasteiger partial charge in [0.1, 0.15) is 11.4 Å². The van der Waals surface area contributed by atoms with Crippen LogP contribution in [0.1, 0.15) is 12.0 Å². The van der Waals surface area contributed by atoms with Crippen molar-refractivity contribution in [1.29, 1.82) is 0 Å². The Morgan fingerprint density at radius 1 is 1.37 bits per heavy atom. The predicted molar refractivity (Wildman–Crippen MR) is 67.0 cm³/mol. The van der Waals surface area contributed by atoms with Crippen molar-refractivity contribution in [2.24, 2.45) is 0 Å². The summed E-state index contributed by atoms with van der Waals surface area (Å²) in [6, 6.07) is 5.52. The molecule has 2 amide bonds. The predicted octanol–water partition coefficient (Wildman–Crippen LogP) is 0.776. The smallest absolute Gasteiger partial charge is 0.315 e. The first-order valence-electron chi connectivity index (χ1n) is 6.14. The SMILES string of the molecule is O=C(NCc1ccc(F)cc1)NC[C@@]1(O)CCOC1. The highest BCUT2D eigenvalue weighted by Gasteiger charge is 2.32. The summed E-state index contributed by atoms with van der Waals surface area (Å²) in [7, 11) is 0. The van der Waals surface area contributed by atoms with Crippen molar-refractivity contribution in [3.63, 3.8) is 0 Å². The van der Waals surface area contributed by atoms with Crippen LogP contribution in [-0.4, -0.2) is 36.5 Å². The number of carbonyl (C=O) groups excluding carboxylic acids is 1. The lowest BCUT2D eigenvalue weighted by Crippen LogP contribution is -2.46. The zero-order chi connectivity index (χ0) is 13.7. The molecule has 2 rings (SSSR count). The standard InChI is InChI=1S/C13H17FN2O3/c14-11-3-1-10(2-4-11)7-15-12(17)16-8-13(18)5-6-19-9-13/h1-4,18H,5-9H2,(H2,15,16,17)/t13-/m0/s1. The monoisotopic (exact) mass is 268 g/mol.